The van der Waals surface area contributed by atoms with Gasteiger partial charge in [-0.1, -0.05) is 15.9 Å². The maximum absolute atomic E-state index is 12.5. The van der Waals surface area contributed by atoms with Crippen LogP contribution in [0.3, 0.4) is 0 Å². The van der Waals surface area contributed by atoms with Crippen LogP contribution in [0.5, 0.6) is 0 Å². The molecule has 1 saturated heterocycles. The molecule has 6 heteroatoms. The van der Waals surface area contributed by atoms with Crippen molar-refractivity contribution < 1.29 is 9.53 Å². The number of hydrogen-bond donors (Lipinski definition) is 2. The summed E-state index contributed by atoms with van der Waals surface area (Å²) < 4.78 is 6.27. The number of amides is 1. The maximum atomic E-state index is 12.5. The molecule has 2 rings (SSSR count). The van der Waals surface area contributed by atoms with Crippen LogP contribution in [0.2, 0.25) is 0 Å². The fourth-order valence-corrected chi connectivity index (χ4v) is 2.68. The number of anilines is 1. The van der Waals surface area contributed by atoms with Gasteiger partial charge in [-0.25, -0.2) is 0 Å². The fraction of sp³-hybridized carbons (Fsp3) is 0.500. The second-order valence-electron chi connectivity index (χ2n) is 4.92. The number of rotatable bonds is 4. The Morgan fingerprint density at radius 3 is 2.50 bits per heavy atom. The monoisotopic (exact) mass is 362 g/mol. The fourth-order valence-electron chi connectivity index (χ4n) is 2.42. The van der Waals surface area contributed by atoms with Gasteiger partial charge in [0.1, 0.15) is 0 Å². The first-order chi connectivity index (χ1) is 9.16. The number of methoxy groups -OCH3 is 1. The van der Waals surface area contributed by atoms with E-state index in [1.807, 2.05) is 24.3 Å². The van der Waals surface area contributed by atoms with Crippen molar-refractivity contribution in [2.45, 2.75) is 12.8 Å². The molecular weight excluding hydrogens is 344 g/mol. The Labute approximate surface area is 134 Å². The summed E-state index contributed by atoms with van der Waals surface area (Å²) in [6.07, 6.45) is 1.62. The predicted octanol–water partition coefficient (Wildman–Crippen LogP) is 2.83. The summed E-state index contributed by atoms with van der Waals surface area (Å²) in [6, 6.07) is 7.62. The molecule has 0 saturated carbocycles. The molecule has 4 nitrogen and oxygen atoms in total. The lowest BCUT2D eigenvalue weighted by molar-refractivity contribution is -0.130. The number of piperidine rings is 1. The third kappa shape index (κ3) is 4.19. The van der Waals surface area contributed by atoms with Gasteiger partial charge in [-0.3, -0.25) is 4.79 Å². The van der Waals surface area contributed by atoms with Gasteiger partial charge in [-0.2, -0.15) is 0 Å². The highest BCUT2D eigenvalue weighted by atomic mass is 79.9. The van der Waals surface area contributed by atoms with Gasteiger partial charge in [0.25, 0.3) is 0 Å². The van der Waals surface area contributed by atoms with Crippen molar-refractivity contribution in [3.63, 3.8) is 0 Å². The van der Waals surface area contributed by atoms with Crippen LogP contribution in [0.4, 0.5) is 5.69 Å². The van der Waals surface area contributed by atoms with Crippen LogP contribution < -0.4 is 10.6 Å². The van der Waals surface area contributed by atoms with Crippen LogP contribution in [0.25, 0.3) is 0 Å². The number of hydrogen-bond acceptors (Lipinski definition) is 3. The third-order valence-electron chi connectivity index (χ3n) is 3.57. The Bertz CT molecular complexity index is 428. The summed E-state index contributed by atoms with van der Waals surface area (Å²) in [5, 5.41) is 6.28. The Morgan fingerprint density at radius 1 is 1.35 bits per heavy atom. The van der Waals surface area contributed by atoms with Crippen LogP contribution in [0.15, 0.2) is 28.7 Å². The normalized spacial score (nSPS) is 17.1. The summed E-state index contributed by atoms with van der Waals surface area (Å²) in [5.41, 5.74) is 0.412. The molecule has 0 aromatic heterocycles. The molecule has 20 heavy (non-hydrogen) atoms. The highest BCUT2D eigenvalue weighted by Crippen LogP contribution is 2.31. The van der Waals surface area contributed by atoms with Crippen LogP contribution in [0, 0.1) is 5.41 Å². The minimum atomic E-state index is -0.410. The van der Waals surface area contributed by atoms with Crippen molar-refractivity contribution in [3.8, 4) is 0 Å². The molecule has 1 aromatic rings. The van der Waals surface area contributed by atoms with Crippen LogP contribution in [-0.4, -0.2) is 32.7 Å². The molecule has 0 atom stereocenters. The molecule has 1 aliphatic rings. The number of nitrogens with one attached hydrogen (secondary N) is 2. The van der Waals surface area contributed by atoms with E-state index in [1.165, 1.54) is 0 Å². The zero-order valence-corrected chi connectivity index (χ0v) is 13.9. The van der Waals surface area contributed by atoms with E-state index in [2.05, 4.69) is 26.6 Å². The van der Waals surface area contributed by atoms with Crippen LogP contribution >= 0.6 is 28.3 Å². The van der Waals surface area contributed by atoms with Crippen molar-refractivity contribution in [1.29, 1.82) is 0 Å². The van der Waals surface area contributed by atoms with Crippen LogP contribution in [-0.2, 0) is 9.53 Å². The lowest BCUT2D eigenvalue weighted by Gasteiger charge is -2.35. The average molecular weight is 364 g/mol. The molecule has 0 radical (unpaired) electrons. The summed E-state index contributed by atoms with van der Waals surface area (Å²) >= 11 is 3.38. The number of halogens is 2. The molecular formula is C14H20BrClN2O2. The molecule has 0 spiro atoms. The van der Waals surface area contributed by atoms with Crippen molar-refractivity contribution >= 4 is 39.9 Å². The summed E-state index contributed by atoms with van der Waals surface area (Å²) in [6.45, 7) is 2.19. The molecule has 1 heterocycles. The Morgan fingerprint density at radius 2 is 1.95 bits per heavy atom. The maximum Gasteiger partial charge on any atom is 0.233 e. The number of carbonyl (C=O) groups is 1. The standard InChI is InChI=1S/C14H19BrN2O2.ClH/c1-19-10-14(6-8-16-9-7-14)13(18)17-12-4-2-11(15)3-5-12;/h2-5,16H,6-10H2,1H3,(H,17,18);1H. The van der Waals surface area contributed by atoms with Gasteiger partial charge < -0.3 is 15.4 Å². The van der Waals surface area contributed by atoms with Crippen molar-refractivity contribution in [1.82, 2.24) is 5.32 Å². The van der Waals surface area contributed by atoms with E-state index in [-0.39, 0.29) is 18.3 Å². The number of carbonyl (C=O) groups excluding carboxylic acids is 1. The van der Waals surface area contributed by atoms with E-state index in [1.54, 1.807) is 7.11 Å². The number of benzene rings is 1. The largest absolute Gasteiger partial charge is 0.384 e. The highest BCUT2D eigenvalue weighted by molar-refractivity contribution is 9.10. The molecule has 1 fully saturated rings. The van der Waals surface area contributed by atoms with Crippen LogP contribution in [0.1, 0.15) is 12.8 Å². The molecule has 0 aliphatic carbocycles. The van der Waals surface area contributed by atoms with Gasteiger partial charge in [0.15, 0.2) is 0 Å². The highest BCUT2D eigenvalue weighted by Gasteiger charge is 2.39. The Kier molecular flexibility index (Phi) is 6.95. The predicted molar refractivity (Wildman–Crippen MR) is 86.4 cm³/mol. The first-order valence-corrected chi connectivity index (χ1v) is 7.22. The summed E-state index contributed by atoms with van der Waals surface area (Å²) in [7, 11) is 1.65. The minimum Gasteiger partial charge on any atom is -0.384 e. The van der Waals surface area contributed by atoms with Gasteiger partial charge >= 0.3 is 0 Å². The van der Waals surface area contributed by atoms with E-state index in [4.69, 9.17) is 4.74 Å². The van der Waals surface area contributed by atoms with Gasteiger partial charge in [-0.05, 0) is 50.2 Å². The van der Waals surface area contributed by atoms with E-state index in [0.717, 1.165) is 36.1 Å². The molecule has 1 aliphatic heterocycles. The lowest BCUT2D eigenvalue weighted by atomic mass is 9.78. The summed E-state index contributed by atoms with van der Waals surface area (Å²) in [5.74, 6) is 0.0539. The Balaban J connectivity index is 0.00000200. The molecule has 2 N–H and O–H groups in total. The smallest absolute Gasteiger partial charge is 0.233 e. The second kappa shape index (κ2) is 7.98. The SMILES string of the molecule is COCC1(C(=O)Nc2ccc(Br)cc2)CCNCC1.Cl. The number of ether oxygens (including phenoxy) is 1. The summed E-state index contributed by atoms with van der Waals surface area (Å²) in [4.78, 5) is 12.5. The van der Waals surface area contributed by atoms with E-state index < -0.39 is 5.41 Å². The third-order valence-corrected chi connectivity index (χ3v) is 4.09. The van der Waals surface area contributed by atoms with Crippen molar-refractivity contribution in [2.24, 2.45) is 5.41 Å². The van der Waals surface area contributed by atoms with Crippen molar-refractivity contribution in [2.75, 3.05) is 32.1 Å². The van der Waals surface area contributed by atoms with Gasteiger partial charge in [-0.15, -0.1) is 12.4 Å². The molecule has 1 amide bonds. The quantitative estimate of drug-likeness (QED) is 0.865. The zero-order valence-electron chi connectivity index (χ0n) is 11.4. The lowest BCUT2D eigenvalue weighted by Crippen LogP contribution is -2.47. The zero-order chi connectivity index (χ0) is 13.7. The second-order valence-corrected chi connectivity index (χ2v) is 5.84. The van der Waals surface area contributed by atoms with E-state index in [0.29, 0.717) is 6.61 Å². The van der Waals surface area contributed by atoms with Gasteiger partial charge in [0.2, 0.25) is 5.91 Å². The molecule has 1 aromatic carbocycles. The topological polar surface area (TPSA) is 50.4 Å². The molecule has 112 valence electrons. The first kappa shape index (κ1) is 17.4. The average Bonchev–Trinajstić information content (AvgIpc) is 2.43. The van der Waals surface area contributed by atoms with Gasteiger partial charge in [0.05, 0.1) is 12.0 Å². The van der Waals surface area contributed by atoms with Crippen molar-refractivity contribution in [3.05, 3.63) is 28.7 Å². The first-order valence-electron chi connectivity index (χ1n) is 6.43. The molecule has 0 unspecified atom stereocenters. The van der Waals surface area contributed by atoms with Gasteiger partial charge in [0, 0.05) is 17.3 Å². The van der Waals surface area contributed by atoms with E-state index >= 15 is 0 Å². The molecule has 0 bridgehead atoms. The van der Waals surface area contributed by atoms with E-state index in [9.17, 15) is 4.79 Å². The minimum absolute atomic E-state index is 0. The Hall–Kier alpha value is -0.620.